The standard InChI is InChI=1S/C19H25IN2O3S/c1-6-21-19-22(7-2)18(23)16(26-19)11-13-9-14(20)17(25-12(4)5)15(10-13)24-8-3/h9-12H,6-8H2,1-5H3/b16-11+,21-19?. The van der Waals surface area contributed by atoms with E-state index in [2.05, 4.69) is 27.6 Å². The Bertz CT molecular complexity index is 732. The predicted octanol–water partition coefficient (Wildman–Crippen LogP) is 4.79. The zero-order valence-electron chi connectivity index (χ0n) is 15.8. The number of hydrogen-bond donors (Lipinski definition) is 0. The van der Waals surface area contributed by atoms with E-state index in [9.17, 15) is 4.79 Å². The van der Waals surface area contributed by atoms with Crippen molar-refractivity contribution >= 4 is 51.5 Å². The van der Waals surface area contributed by atoms with Gasteiger partial charge >= 0.3 is 0 Å². The molecule has 1 saturated heterocycles. The summed E-state index contributed by atoms with van der Waals surface area (Å²) in [5.41, 5.74) is 0.915. The average Bonchev–Trinajstić information content (AvgIpc) is 2.86. The minimum atomic E-state index is 0.000162. The van der Waals surface area contributed by atoms with Gasteiger partial charge in [-0.1, -0.05) is 0 Å². The van der Waals surface area contributed by atoms with Gasteiger partial charge < -0.3 is 9.47 Å². The van der Waals surface area contributed by atoms with Crippen molar-refractivity contribution in [1.29, 1.82) is 0 Å². The van der Waals surface area contributed by atoms with E-state index >= 15 is 0 Å². The molecular weight excluding hydrogens is 463 g/mol. The molecule has 26 heavy (non-hydrogen) atoms. The third kappa shape index (κ3) is 4.94. The number of thioether (sulfide) groups is 1. The molecule has 7 heteroatoms. The van der Waals surface area contributed by atoms with Gasteiger partial charge in [0.05, 0.1) is 21.2 Å². The third-order valence-electron chi connectivity index (χ3n) is 3.48. The van der Waals surface area contributed by atoms with Crippen LogP contribution in [0.2, 0.25) is 0 Å². The molecule has 1 heterocycles. The summed E-state index contributed by atoms with van der Waals surface area (Å²) in [4.78, 5) is 19.4. The van der Waals surface area contributed by atoms with Crippen molar-refractivity contribution in [2.45, 2.75) is 40.7 Å². The quantitative estimate of drug-likeness (QED) is 0.409. The minimum Gasteiger partial charge on any atom is -0.490 e. The summed E-state index contributed by atoms with van der Waals surface area (Å²) in [6, 6.07) is 3.93. The van der Waals surface area contributed by atoms with Crippen molar-refractivity contribution in [1.82, 2.24) is 4.90 Å². The normalized spacial score (nSPS) is 17.7. The monoisotopic (exact) mass is 488 g/mol. The number of amides is 1. The lowest BCUT2D eigenvalue weighted by atomic mass is 10.1. The van der Waals surface area contributed by atoms with Crippen LogP contribution < -0.4 is 9.47 Å². The Hall–Kier alpha value is -1.22. The van der Waals surface area contributed by atoms with E-state index in [1.165, 1.54) is 11.8 Å². The molecule has 1 aliphatic rings. The lowest BCUT2D eigenvalue weighted by molar-refractivity contribution is -0.122. The summed E-state index contributed by atoms with van der Waals surface area (Å²) in [7, 11) is 0. The van der Waals surface area contributed by atoms with Gasteiger partial charge in [0.25, 0.3) is 5.91 Å². The molecule has 0 aliphatic carbocycles. The molecule has 0 radical (unpaired) electrons. The van der Waals surface area contributed by atoms with Crippen LogP contribution in [-0.4, -0.2) is 41.8 Å². The van der Waals surface area contributed by atoms with Crippen LogP contribution in [0.15, 0.2) is 22.0 Å². The number of carbonyl (C=O) groups is 1. The molecule has 1 aromatic carbocycles. The van der Waals surface area contributed by atoms with Crippen molar-refractivity contribution in [3.05, 3.63) is 26.2 Å². The van der Waals surface area contributed by atoms with Crippen LogP contribution in [0.25, 0.3) is 6.08 Å². The summed E-state index contributed by atoms with van der Waals surface area (Å²) in [5, 5.41) is 0.769. The highest BCUT2D eigenvalue weighted by molar-refractivity contribution is 14.1. The maximum absolute atomic E-state index is 12.6. The molecule has 2 rings (SSSR count). The summed E-state index contributed by atoms with van der Waals surface area (Å²) in [5.74, 6) is 1.45. The highest BCUT2D eigenvalue weighted by Gasteiger charge is 2.31. The first kappa shape index (κ1) is 21.1. The Morgan fingerprint density at radius 2 is 2.04 bits per heavy atom. The Morgan fingerprint density at radius 1 is 1.31 bits per heavy atom. The number of rotatable bonds is 7. The molecule has 5 nitrogen and oxygen atoms in total. The molecule has 1 amide bonds. The van der Waals surface area contributed by atoms with Crippen molar-refractivity contribution in [3.63, 3.8) is 0 Å². The van der Waals surface area contributed by atoms with Crippen molar-refractivity contribution in [2.75, 3.05) is 19.7 Å². The van der Waals surface area contributed by atoms with Gasteiger partial charge in [-0.3, -0.25) is 14.7 Å². The second kappa shape index (κ2) is 9.64. The summed E-state index contributed by atoms with van der Waals surface area (Å²) >= 11 is 3.67. The maximum atomic E-state index is 12.6. The van der Waals surface area contributed by atoms with Gasteiger partial charge in [-0.15, -0.1) is 0 Å². The largest absolute Gasteiger partial charge is 0.490 e. The topological polar surface area (TPSA) is 51.1 Å². The second-order valence-electron chi connectivity index (χ2n) is 5.85. The summed E-state index contributed by atoms with van der Waals surface area (Å²) in [6.45, 7) is 11.7. The smallest absolute Gasteiger partial charge is 0.266 e. The first-order valence-electron chi connectivity index (χ1n) is 8.80. The number of halogens is 1. The van der Waals surface area contributed by atoms with E-state index in [0.717, 1.165) is 20.1 Å². The van der Waals surface area contributed by atoms with Gasteiger partial charge in [-0.05, 0) is 92.7 Å². The van der Waals surface area contributed by atoms with Gasteiger partial charge in [-0.2, -0.15) is 0 Å². The van der Waals surface area contributed by atoms with Crippen molar-refractivity contribution in [2.24, 2.45) is 4.99 Å². The molecule has 1 aromatic rings. The number of amidine groups is 1. The lowest BCUT2D eigenvalue weighted by Crippen LogP contribution is -2.28. The number of likely N-dealkylation sites (N-methyl/N-ethyl adjacent to an activating group) is 1. The summed E-state index contributed by atoms with van der Waals surface area (Å²) < 4.78 is 12.6. The highest BCUT2D eigenvalue weighted by atomic mass is 127. The first-order valence-corrected chi connectivity index (χ1v) is 10.7. The number of nitrogens with zero attached hydrogens (tertiary/aromatic N) is 2. The number of hydrogen-bond acceptors (Lipinski definition) is 5. The van der Waals surface area contributed by atoms with E-state index in [0.29, 0.717) is 30.4 Å². The third-order valence-corrected chi connectivity index (χ3v) is 5.33. The van der Waals surface area contributed by atoms with Crippen molar-refractivity contribution in [3.8, 4) is 11.5 Å². The molecule has 0 bridgehead atoms. The number of benzene rings is 1. The molecule has 0 aromatic heterocycles. The SMILES string of the molecule is CCN=C1S/C(=C/c2cc(I)c(OC(C)C)c(OCC)c2)C(=O)N1CC. The van der Waals surface area contributed by atoms with Crippen LogP contribution in [0.1, 0.15) is 40.2 Å². The van der Waals surface area contributed by atoms with E-state index in [1.807, 2.05) is 52.8 Å². The summed E-state index contributed by atoms with van der Waals surface area (Å²) in [6.07, 6.45) is 1.96. The van der Waals surface area contributed by atoms with Gasteiger partial charge in [0.2, 0.25) is 0 Å². The van der Waals surface area contributed by atoms with E-state index in [4.69, 9.17) is 9.47 Å². The Labute approximate surface area is 173 Å². The first-order chi connectivity index (χ1) is 12.4. The fraction of sp³-hybridized carbons (Fsp3) is 0.474. The van der Waals surface area contributed by atoms with Crippen LogP contribution in [0.4, 0.5) is 0 Å². The van der Waals surface area contributed by atoms with Crippen LogP contribution in [0, 0.1) is 3.57 Å². The van der Waals surface area contributed by atoms with Gasteiger partial charge in [-0.25, -0.2) is 0 Å². The van der Waals surface area contributed by atoms with E-state index in [-0.39, 0.29) is 12.0 Å². The van der Waals surface area contributed by atoms with E-state index in [1.54, 1.807) is 4.90 Å². The molecule has 0 N–H and O–H groups in total. The second-order valence-corrected chi connectivity index (χ2v) is 8.02. The Balaban J connectivity index is 2.41. The molecular formula is C19H25IN2O3S. The zero-order valence-corrected chi connectivity index (χ0v) is 18.8. The Morgan fingerprint density at radius 3 is 2.62 bits per heavy atom. The van der Waals surface area contributed by atoms with Gasteiger partial charge in [0, 0.05) is 13.1 Å². The molecule has 1 fully saturated rings. The molecule has 0 atom stereocenters. The van der Waals surface area contributed by atoms with E-state index < -0.39 is 0 Å². The fourth-order valence-electron chi connectivity index (χ4n) is 2.48. The molecule has 0 unspecified atom stereocenters. The molecule has 142 valence electrons. The average molecular weight is 488 g/mol. The van der Waals surface area contributed by atoms with Crippen molar-refractivity contribution < 1.29 is 14.3 Å². The maximum Gasteiger partial charge on any atom is 0.266 e. The minimum absolute atomic E-state index is 0.000162. The van der Waals surface area contributed by atoms with Crippen LogP contribution >= 0.6 is 34.4 Å². The predicted molar refractivity (Wildman–Crippen MR) is 117 cm³/mol. The number of carbonyl (C=O) groups excluding carboxylic acids is 1. The van der Waals surface area contributed by atoms with Crippen LogP contribution in [-0.2, 0) is 4.79 Å². The molecule has 0 spiro atoms. The fourth-order valence-corrected chi connectivity index (χ4v) is 4.33. The lowest BCUT2D eigenvalue weighted by Gasteiger charge is -2.17. The van der Waals surface area contributed by atoms with Gasteiger partial charge in [0.15, 0.2) is 16.7 Å². The highest BCUT2D eigenvalue weighted by Crippen LogP contribution is 2.38. The zero-order chi connectivity index (χ0) is 19.3. The van der Waals surface area contributed by atoms with Crippen LogP contribution in [0.5, 0.6) is 11.5 Å². The number of aliphatic imine (C=N–C) groups is 1. The molecule has 0 saturated carbocycles. The van der Waals surface area contributed by atoms with Crippen LogP contribution in [0.3, 0.4) is 0 Å². The molecule has 1 aliphatic heterocycles. The Kier molecular flexibility index (Phi) is 7.82. The van der Waals surface area contributed by atoms with Gasteiger partial charge in [0.1, 0.15) is 0 Å². The number of ether oxygens (including phenoxy) is 2.